The van der Waals surface area contributed by atoms with E-state index in [4.69, 9.17) is 0 Å². The first-order chi connectivity index (χ1) is 7.64. The Labute approximate surface area is 101 Å². The van der Waals surface area contributed by atoms with Crippen LogP contribution in [0.25, 0.3) is 0 Å². The first kappa shape index (κ1) is 12.4. The Bertz CT molecular complexity index is 221. The van der Waals surface area contributed by atoms with Crippen molar-refractivity contribution in [2.75, 3.05) is 20.6 Å². The molecule has 0 aliphatic heterocycles. The van der Waals surface area contributed by atoms with E-state index in [1.807, 2.05) is 0 Å². The van der Waals surface area contributed by atoms with Crippen LogP contribution in [0.5, 0.6) is 0 Å². The number of likely N-dealkylation sites (N-methyl/N-ethyl adjacent to an activating group) is 1. The Balaban J connectivity index is 1.81. The van der Waals surface area contributed by atoms with Gasteiger partial charge in [0.15, 0.2) is 0 Å². The fourth-order valence-corrected chi connectivity index (χ4v) is 3.31. The average molecular weight is 224 g/mol. The lowest BCUT2D eigenvalue weighted by Crippen LogP contribution is -2.58. The minimum absolute atomic E-state index is 0.483. The summed E-state index contributed by atoms with van der Waals surface area (Å²) in [6, 6.07) is 0.783. The minimum atomic E-state index is 0.483. The van der Waals surface area contributed by atoms with Crippen molar-refractivity contribution in [3.8, 4) is 0 Å². The predicted molar refractivity (Wildman–Crippen MR) is 69.7 cm³/mol. The maximum Gasteiger partial charge on any atom is 0.0328 e. The molecule has 94 valence electrons. The lowest BCUT2D eigenvalue weighted by Gasteiger charge is -2.48. The van der Waals surface area contributed by atoms with E-state index in [1.54, 1.807) is 0 Å². The summed E-state index contributed by atoms with van der Waals surface area (Å²) in [5, 5.41) is 3.85. The van der Waals surface area contributed by atoms with Gasteiger partial charge in [0.05, 0.1) is 0 Å². The van der Waals surface area contributed by atoms with E-state index in [2.05, 4.69) is 31.2 Å². The van der Waals surface area contributed by atoms with Crippen LogP contribution in [0.1, 0.15) is 51.9 Å². The van der Waals surface area contributed by atoms with Gasteiger partial charge in [0, 0.05) is 18.1 Å². The molecule has 2 saturated carbocycles. The topological polar surface area (TPSA) is 15.3 Å². The maximum atomic E-state index is 3.85. The first-order valence-corrected chi connectivity index (χ1v) is 7.05. The standard InChI is InChI=1S/C14H28N2/c1-12-7-4-5-8-13(12)15-11-14(16(2)3)9-6-10-14/h12-13,15H,4-11H2,1-3H3. The summed E-state index contributed by atoms with van der Waals surface area (Å²) >= 11 is 0. The van der Waals surface area contributed by atoms with Crippen LogP contribution in [0.2, 0.25) is 0 Å². The molecule has 0 spiro atoms. The number of hydrogen-bond acceptors (Lipinski definition) is 2. The molecule has 0 bridgehead atoms. The van der Waals surface area contributed by atoms with E-state index in [9.17, 15) is 0 Å². The molecule has 2 heteroatoms. The summed E-state index contributed by atoms with van der Waals surface area (Å²) in [6.07, 6.45) is 9.87. The highest BCUT2D eigenvalue weighted by molar-refractivity contribution is 4.98. The minimum Gasteiger partial charge on any atom is -0.312 e. The normalized spacial score (nSPS) is 33.8. The summed E-state index contributed by atoms with van der Waals surface area (Å²) < 4.78 is 0. The third kappa shape index (κ3) is 2.43. The largest absolute Gasteiger partial charge is 0.312 e. The van der Waals surface area contributed by atoms with Gasteiger partial charge in [-0.2, -0.15) is 0 Å². The molecule has 0 aromatic heterocycles. The predicted octanol–water partition coefficient (Wildman–Crippen LogP) is 2.64. The quantitative estimate of drug-likeness (QED) is 0.790. The third-order valence-electron chi connectivity index (χ3n) is 5.04. The van der Waals surface area contributed by atoms with Gasteiger partial charge >= 0.3 is 0 Å². The van der Waals surface area contributed by atoms with Crippen LogP contribution in [0.3, 0.4) is 0 Å². The SMILES string of the molecule is CC1CCCCC1NCC1(N(C)C)CCC1. The van der Waals surface area contributed by atoms with Crippen molar-refractivity contribution in [1.29, 1.82) is 0 Å². The first-order valence-electron chi connectivity index (χ1n) is 7.05. The van der Waals surface area contributed by atoms with Crippen LogP contribution in [-0.2, 0) is 0 Å². The molecule has 0 aromatic rings. The van der Waals surface area contributed by atoms with Crippen molar-refractivity contribution in [2.45, 2.75) is 63.5 Å². The van der Waals surface area contributed by atoms with Crippen molar-refractivity contribution >= 4 is 0 Å². The molecule has 0 saturated heterocycles. The van der Waals surface area contributed by atoms with Crippen LogP contribution in [0.15, 0.2) is 0 Å². The van der Waals surface area contributed by atoms with Crippen LogP contribution >= 0.6 is 0 Å². The van der Waals surface area contributed by atoms with Crippen molar-refractivity contribution < 1.29 is 0 Å². The van der Waals surface area contributed by atoms with E-state index in [-0.39, 0.29) is 0 Å². The molecule has 0 radical (unpaired) electrons. The van der Waals surface area contributed by atoms with Gasteiger partial charge in [-0.05, 0) is 52.1 Å². The Morgan fingerprint density at radius 3 is 2.31 bits per heavy atom. The molecular formula is C14H28N2. The van der Waals surface area contributed by atoms with Crippen LogP contribution in [-0.4, -0.2) is 37.1 Å². The molecule has 1 N–H and O–H groups in total. The molecule has 0 aromatic carbocycles. The van der Waals surface area contributed by atoms with E-state index in [0.29, 0.717) is 5.54 Å². The van der Waals surface area contributed by atoms with Crippen LogP contribution < -0.4 is 5.32 Å². The Hall–Kier alpha value is -0.0800. The smallest absolute Gasteiger partial charge is 0.0328 e. The Morgan fingerprint density at radius 1 is 1.12 bits per heavy atom. The highest BCUT2D eigenvalue weighted by atomic mass is 15.2. The summed E-state index contributed by atoms with van der Waals surface area (Å²) in [7, 11) is 4.48. The molecule has 2 aliphatic carbocycles. The molecule has 2 atom stereocenters. The van der Waals surface area contributed by atoms with Gasteiger partial charge in [0.25, 0.3) is 0 Å². The van der Waals surface area contributed by atoms with Crippen molar-refractivity contribution in [3.63, 3.8) is 0 Å². The molecule has 2 unspecified atom stereocenters. The van der Waals surface area contributed by atoms with Crippen LogP contribution in [0.4, 0.5) is 0 Å². The Morgan fingerprint density at radius 2 is 1.81 bits per heavy atom. The fraction of sp³-hybridized carbons (Fsp3) is 1.00. The molecule has 2 fully saturated rings. The van der Waals surface area contributed by atoms with Crippen molar-refractivity contribution in [1.82, 2.24) is 10.2 Å². The van der Waals surface area contributed by atoms with E-state index >= 15 is 0 Å². The average Bonchev–Trinajstić information content (AvgIpc) is 2.18. The van der Waals surface area contributed by atoms with Crippen molar-refractivity contribution in [2.24, 2.45) is 5.92 Å². The second-order valence-electron chi connectivity index (χ2n) is 6.22. The zero-order valence-electron chi connectivity index (χ0n) is 11.3. The molecule has 2 aliphatic rings. The molecule has 0 amide bonds. The second-order valence-corrected chi connectivity index (χ2v) is 6.22. The molecule has 16 heavy (non-hydrogen) atoms. The van der Waals surface area contributed by atoms with Gasteiger partial charge in [0.2, 0.25) is 0 Å². The third-order valence-corrected chi connectivity index (χ3v) is 5.04. The summed E-state index contributed by atoms with van der Waals surface area (Å²) in [4.78, 5) is 2.44. The lowest BCUT2D eigenvalue weighted by atomic mass is 9.75. The van der Waals surface area contributed by atoms with Crippen LogP contribution in [0, 0.1) is 5.92 Å². The molecule has 2 nitrogen and oxygen atoms in total. The monoisotopic (exact) mass is 224 g/mol. The number of rotatable bonds is 4. The Kier molecular flexibility index (Phi) is 3.91. The highest BCUT2D eigenvalue weighted by Crippen LogP contribution is 2.36. The van der Waals surface area contributed by atoms with Crippen molar-refractivity contribution in [3.05, 3.63) is 0 Å². The molecule has 0 heterocycles. The summed E-state index contributed by atoms with van der Waals surface area (Å²) in [5.74, 6) is 0.882. The summed E-state index contributed by atoms with van der Waals surface area (Å²) in [6.45, 7) is 3.62. The molecule has 2 rings (SSSR count). The van der Waals surface area contributed by atoms with E-state index < -0.39 is 0 Å². The number of nitrogens with zero attached hydrogens (tertiary/aromatic N) is 1. The zero-order chi connectivity index (χ0) is 11.6. The highest BCUT2D eigenvalue weighted by Gasteiger charge is 2.39. The summed E-state index contributed by atoms with van der Waals surface area (Å²) in [5.41, 5.74) is 0.483. The van der Waals surface area contributed by atoms with Gasteiger partial charge in [-0.15, -0.1) is 0 Å². The van der Waals surface area contributed by atoms with Gasteiger partial charge in [-0.1, -0.05) is 19.8 Å². The zero-order valence-corrected chi connectivity index (χ0v) is 11.3. The number of hydrogen-bond donors (Lipinski definition) is 1. The van der Waals surface area contributed by atoms with E-state index in [1.165, 1.54) is 51.5 Å². The fourth-order valence-electron chi connectivity index (χ4n) is 3.31. The second kappa shape index (κ2) is 5.05. The van der Waals surface area contributed by atoms with E-state index in [0.717, 1.165) is 12.0 Å². The molecular weight excluding hydrogens is 196 g/mol. The van der Waals surface area contributed by atoms with Gasteiger partial charge in [-0.25, -0.2) is 0 Å². The van der Waals surface area contributed by atoms with Gasteiger partial charge in [0.1, 0.15) is 0 Å². The maximum absolute atomic E-state index is 3.85. The van der Waals surface area contributed by atoms with Gasteiger partial charge in [-0.3, -0.25) is 0 Å². The van der Waals surface area contributed by atoms with Gasteiger partial charge < -0.3 is 10.2 Å². The lowest BCUT2D eigenvalue weighted by molar-refractivity contribution is 0.0529. The number of nitrogens with one attached hydrogen (secondary N) is 1.